The van der Waals surface area contributed by atoms with Crippen molar-refractivity contribution in [2.24, 2.45) is 14.1 Å². The van der Waals surface area contributed by atoms with Crippen molar-refractivity contribution >= 4 is 44.9 Å². The molecule has 2 aromatic heterocycles. The van der Waals surface area contributed by atoms with Crippen LogP contribution in [0.4, 0.5) is 0 Å². The van der Waals surface area contributed by atoms with E-state index >= 15 is 0 Å². The predicted molar refractivity (Wildman–Crippen MR) is 105 cm³/mol. The van der Waals surface area contributed by atoms with Crippen LogP contribution in [-0.4, -0.2) is 26.2 Å². The first-order chi connectivity index (χ1) is 13.5. The lowest BCUT2D eigenvalue weighted by atomic mass is 9.95. The number of carbonyl (C=O) groups is 2. The molecule has 2 aromatic carbocycles. The van der Waals surface area contributed by atoms with E-state index in [2.05, 4.69) is 0 Å². The van der Waals surface area contributed by atoms with Gasteiger partial charge in [0.05, 0.1) is 11.1 Å². The predicted octanol–water partition coefficient (Wildman–Crippen LogP) is 3.37. The van der Waals surface area contributed by atoms with Crippen LogP contribution < -0.4 is 0 Å². The number of aromatic hydroxyl groups is 1. The number of aromatic nitrogens is 2. The highest BCUT2D eigenvalue weighted by Gasteiger charge is 2.37. The number of fused-ring (bicyclic) bond motifs is 2. The third-order valence-electron chi connectivity index (χ3n) is 5.25. The first-order valence-corrected chi connectivity index (χ1v) is 8.79. The first kappa shape index (κ1) is 16.4. The van der Waals surface area contributed by atoms with Gasteiger partial charge in [0.15, 0.2) is 0 Å². The Morgan fingerprint density at radius 1 is 0.786 bits per heavy atom. The van der Waals surface area contributed by atoms with Crippen molar-refractivity contribution < 1.29 is 19.4 Å². The van der Waals surface area contributed by atoms with Gasteiger partial charge in [0.1, 0.15) is 5.75 Å². The summed E-state index contributed by atoms with van der Waals surface area (Å²) in [6.45, 7) is 0. The zero-order valence-electron chi connectivity index (χ0n) is 15.3. The van der Waals surface area contributed by atoms with Gasteiger partial charge in [-0.3, -0.25) is 0 Å². The number of esters is 2. The molecule has 0 amide bonds. The number of carbonyl (C=O) groups excluding carboxylic acids is 2. The summed E-state index contributed by atoms with van der Waals surface area (Å²) in [5.41, 5.74) is 3.47. The molecule has 3 heterocycles. The molecular weight excluding hydrogens is 356 g/mol. The smallest absolute Gasteiger partial charge is 0.347 e. The van der Waals surface area contributed by atoms with Crippen LogP contribution in [0.25, 0.3) is 33.0 Å². The van der Waals surface area contributed by atoms with Crippen LogP contribution in [0.1, 0.15) is 11.1 Å². The minimum absolute atomic E-state index is 0.0879. The van der Waals surface area contributed by atoms with E-state index in [0.29, 0.717) is 16.5 Å². The lowest BCUT2D eigenvalue weighted by Crippen LogP contribution is -2.01. The monoisotopic (exact) mass is 372 g/mol. The summed E-state index contributed by atoms with van der Waals surface area (Å²) in [6, 6.07) is 12.6. The Balaban J connectivity index is 1.88. The molecular formula is C22H16N2O4. The Labute approximate surface area is 159 Å². The van der Waals surface area contributed by atoms with E-state index in [4.69, 9.17) is 4.74 Å². The van der Waals surface area contributed by atoms with Crippen LogP contribution in [-0.2, 0) is 28.4 Å². The number of hydrogen-bond donors (Lipinski definition) is 1. The molecule has 6 heteroatoms. The van der Waals surface area contributed by atoms with Crippen molar-refractivity contribution in [3.05, 3.63) is 66.0 Å². The Morgan fingerprint density at radius 2 is 1.36 bits per heavy atom. The van der Waals surface area contributed by atoms with Crippen LogP contribution in [0.2, 0.25) is 0 Å². The van der Waals surface area contributed by atoms with E-state index < -0.39 is 11.9 Å². The van der Waals surface area contributed by atoms with E-state index in [9.17, 15) is 14.7 Å². The zero-order chi connectivity index (χ0) is 19.6. The molecule has 138 valence electrons. The summed E-state index contributed by atoms with van der Waals surface area (Å²) in [7, 11) is 3.74. The minimum atomic E-state index is -0.677. The molecule has 0 aliphatic carbocycles. The van der Waals surface area contributed by atoms with Gasteiger partial charge < -0.3 is 19.0 Å². The number of para-hydroxylation sites is 1. The van der Waals surface area contributed by atoms with Gasteiger partial charge in [0.25, 0.3) is 0 Å². The second-order valence-electron chi connectivity index (χ2n) is 6.95. The van der Waals surface area contributed by atoms with Gasteiger partial charge in [-0.05, 0) is 24.3 Å². The molecule has 1 aliphatic rings. The van der Waals surface area contributed by atoms with Gasteiger partial charge in [0, 0.05) is 59.4 Å². The minimum Gasteiger partial charge on any atom is -0.508 e. The summed E-state index contributed by atoms with van der Waals surface area (Å²) in [6.07, 6.45) is 3.62. The van der Waals surface area contributed by atoms with Gasteiger partial charge in [-0.2, -0.15) is 0 Å². The van der Waals surface area contributed by atoms with Crippen molar-refractivity contribution in [1.29, 1.82) is 0 Å². The maximum atomic E-state index is 12.7. The van der Waals surface area contributed by atoms with E-state index in [1.54, 1.807) is 24.4 Å². The molecule has 1 aliphatic heterocycles. The molecule has 0 saturated heterocycles. The highest BCUT2D eigenvalue weighted by Crippen LogP contribution is 2.40. The average Bonchev–Trinajstić information content (AvgIpc) is 3.26. The van der Waals surface area contributed by atoms with Gasteiger partial charge in [-0.1, -0.05) is 18.2 Å². The third-order valence-corrected chi connectivity index (χ3v) is 5.25. The summed E-state index contributed by atoms with van der Waals surface area (Å²) in [5, 5.41) is 11.5. The molecule has 0 fully saturated rings. The average molecular weight is 372 g/mol. The second-order valence-corrected chi connectivity index (χ2v) is 6.95. The van der Waals surface area contributed by atoms with Gasteiger partial charge in [-0.25, -0.2) is 9.59 Å². The van der Waals surface area contributed by atoms with Gasteiger partial charge in [-0.15, -0.1) is 0 Å². The third kappa shape index (κ3) is 2.15. The van der Waals surface area contributed by atoms with Crippen LogP contribution >= 0.6 is 0 Å². The van der Waals surface area contributed by atoms with Gasteiger partial charge in [0.2, 0.25) is 0 Å². The molecule has 0 unspecified atom stereocenters. The highest BCUT2D eigenvalue weighted by atomic mass is 16.6. The van der Waals surface area contributed by atoms with Crippen LogP contribution in [0.15, 0.2) is 54.9 Å². The number of phenolic OH excluding ortho intramolecular Hbond substituents is 1. The topological polar surface area (TPSA) is 73.5 Å². The largest absolute Gasteiger partial charge is 0.508 e. The van der Waals surface area contributed by atoms with Crippen LogP contribution in [0.3, 0.4) is 0 Å². The van der Waals surface area contributed by atoms with E-state index in [1.165, 1.54) is 0 Å². The number of rotatable bonds is 2. The van der Waals surface area contributed by atoms with Crippen LogP contribution in [0.5, 0.6) is 5.75 Å². The van der Waals surface area contributed by atoms with E-state index in [1.807, 2.05) is 53.7 Å². The lowest BCUT2D eigenvalue weighted by Gasteiger charge is -2.02. The van der Waals surface area contributed by atoms with E-state index in [-0.39, 0.29) is 16.9 Å². The molecule has 0 radical (unpaired) electrons. The Kier molecular flexibility index (Phi) is 3.27. The quantitative estimate of drug-likeness (QED) is 0.432. The van der Waals surface area contributed by atoms with Crippen molar-refractivity contribution in [2.75, 3.05) is 0 Å². The first-order valence-electron chi connectivity index (χ1n) is 8.79. The molecule has 0 saturated carbocycles. The summed E-state index contributed by atoms with van der Waals surface area (Å²) in [5.74, 6) is -1.25. The molecule has 0 bridgehead atoms. The van der Waals surface area contributed by atoms with E-state index in [0.717, 1.165) is 16.4 Å². The summed E-state index contributed by atoms with van der Waals surface area (Å²) in [4.78, 5) is 25.3. The zero-order valence-corrected chi connectivity index (χ0v) is 15.3. The van der Waals surface area contributed by atoms with Crippen molar-refractivity contribution in [3.63, 3.8) is 0 Å². The van der Waals surface area contributed by atoms with Crippen LogP contribution in [0, 0.1) is 0 Å². The molecule has 4 aromatic rings. The molecule has 5 rings (SSSR count). The number of cyclic esters (lactones) is 2. The molecule has 0 spiro atoms. The maximum absolute atomic E-state index is 12.7. The number of phenols is 1. The lowest BCUT2D eigenvalue weighted by molar-refractivity contribution is -0.149. The highest BCUT2D eigenvalue weighted by molar-refractivity contribution is 6.46. The second kappa shape index (κ2) is 5.60. The Bertz CT molecular complexity index is 1350. The summed E-state index contributed by atoms with van der Waals surface area (Å²) >= 11 is 0. The molecule has 28 heavy (non-hydrogen) atoms. The fraction of sp³-hybridized carbons (Fsp3) is 0.0909. The SMILES string of the molecule is Cn1cc(C2=C(c3cn(C)c4ccc(O)cc34)C(=O)OC2=O)c2ccccc21. The standard InChI is InChI=1S/C22H16N2O4/c1-23-10-15(13-5-3-4-6-17(13)23)19-20(22(27)28-21(19)26)16-11-24(2)18-8-7-12(25)9-14(16)18/h3-11,25H,1-2H3. The molecule has 6 nitrogen and oxygen atoms in total. The van der Waals surface area contributed by atoms with Gasteiger partial charge >= 0.3 is 11.9 Å². The Hall–Kier alpha value is -3.80. The number of ether oxygens (including phenoxy) is 1. The Morgan fingerprint density at radius 3 is 2.04 bits per heavy atom. The number of nitrogens with zero attached hydrogens (tertiary/aromatic N) is 2. The number of aryl methyl sites for hydroxylation is 2. The number of hydrogen-bond acceptors (Lipinski definition) is 4. The summed E-state index contributed by atoms with van der Waals surface area (Å²) < 4.78 is 8.78. The van der Waals surface area contributed by atoms with Crippen molar-refractivity contribution in [3.8, 4) is 5.75 Å². The van der Waals surface area contributed by atoms with Crippen molar-refractivity contribution in [1.82, 2.24) is 9.13 Å². The molecule has 0 atom stereocenters. The number of benzene rings is 2. The fourth-order valence-corrected chi connectivity index (χ4v) is 4.00. The fourth-order valence-electron chi connectivity index (χ4n) is 4.00. The maximum Gasteiger partial charge on any atom is 0.347 e. The van der Waals surface area contributed by atoms with Crippen molar-refractivity contribution in [2.45, 2.75) is 0 Å². The molecule has 1 N–H and O–H groups in total. The normalized spacial score (nSPS) is 14.5.